The maximum absolute atomic E-state index is 6.35. The highest BCUT2D eigenvalue weighted by molar-refractivity contribution is 6.10. The quantitative estimate of drug-likeness (QED) is 0.146. The van der Waals surface area contributed by atoms with E-state index in [0.29, 0.717) is 5.89 Å². The Balaban J connectivity index is 1.14. The number of anilines is 3. The fraction of sp³-hybridized carbons (Fsp3) is 0.0678. The van der Waals surface area contributed by atoms with Crippen LogP contribution in [0.3, 0.4) is 0 Å². The summed E-state index contributed by atoms with van der Waals surface area (Å²) < 4.78 is 6.35. The summed E-state index contributed by atoms with van der Waals surface area (Å²) in [5.41, 5.74) is 17.0. The number of rotatable bonds is 9. The van der Waals surface area contributed by atoms with Crippen LogP contribution in [-0.4, -0.2) is 4.98 Å². The van der Waals surface area contributed by atoms with Crippen molar-refractivity contribution in [2.24, 2.45) is 0 Å². The highest BCUT2D eigenvalue weighted by Crippen LogP contribution is 2.45. The van der Waals surface area contributed by atoms with Crippen molar-refractivity contribution in [3.05, 3.63) is 236 Å². The molecule has 1 aromatic heterocycles. The summed E-state index contributed by atoms with van der Waals surface area (Å²) in [6, 6.07) is 65.7. The molecule has 296 valence electrons. The van der Waals surface area contributed by atoms with E-state index in [-0.39, 0.29) is 5.92 Å². The molecular formula is C59H44N2O. The molecule has 3 heteroatoms. The van der Waals surface area contributed by atoms with Gasteiger partial charge in [-0.15, -0.1) is 0 Å². The molecule has 2 aliphatic rings. The first-order valence-corrected chi connectivity index (χ1v) is 21.6. The second-order valence-corrected chi connectivity index (χ2v) is 16.2. The first kappa shape index (κ1) is 37.3. The van der Waals surface area contributed by atoms with Crippen molar-refractivity contribution in [3.8, 4) is 44.8 Å². The van der Waals surface area contributed by atoms with Gasteiger partial charge in [-0.25, -0.2) is 4.98 Å². The molecule has 0 N–H and O–H groups in total. The van der Waals surface area contributed by atoms with Gasteiger partial charge in [0.15, 0.2) is 5.58 Å². The van der Waals surface area contributed by atoms with Crippen LogP contribution in [0.1, 0.15) is 36.3 Å². The van der Waals surface area contributed by atoms with Crippen LogP contribution in [0.25, 0.3) is 72.3 Å². The zero-order valence-electron chi connectivity index (χ0n) is 34.4. The van der Waals surface area contributed by atoms with Crippen molar-refractivity contribution in [2.75, 3.05) is 4.90 Å². The van der Waals surface area contributed by atoms with Crippen molar-refractivity contribution in [1.29, 1.82) is 0 Å². The number of hydrogen-bond acceptors (Lipinski definition) is 3. The van der Waals surface area contributed by atoms with Gasteiger partial charge in [-0.05, 0) is 135 Å². The lowest BCUT2D eigenvalue weighted by molar-refractivity contribution is 0.620. The third-order valence-corrected chi connectivity index (χ3v) is 12.3. The van der Waals surface area contributed by atoms with Gasteiger partial charge in [-0.1, -0.05) is 164 Å². The molecule has 0 spiro atoms. The molecule has 9 aromatic rings. The summed E-state index contributed by atoms with van der Waals surface area (Å²) >= 11 is 0. The van der Waals surface area contributed by atoms with Crippen molar-refractivity contribution in [2.45, 2.75) is 25.2 Å². The first-order chi connectivity index (χ1) is 30.7. The molecular weight excluding hydrogens is 753 g/mol. The van der Waals surface area contributed by atoms with Crippen LogP contribution < -0.4 is 4.90 Å². The fourth-order valence-electron chi connectivity index (χ4n) is 9.20. The van der Waals surface area contributed by atoms with Crippen LogP contribution in [0.15, 0.2) is 229 Å². The Labute approximate surface area is 363 Å². The largest absolute Gasteiger partial charge is 0.436 e. The predicted molar refractivity (Wildman–Crippen MR) is 260 cm³/mol. The van der Waals surface area contributed by atoms with Gasteiger partial charge in [-0.3, -0.25) is 0 Å². The van der Waals surface area contributed by atoms with Crippen LogP contribution in [0.4, 0.5) is 17.1 Å². The minimum Gasteiger partial charge on any atom is -0.436 e. The second kappa shape index (κ2) is 16.4. The lowest BCUT2D eigenvalue weighted by Gasteiger charge is -2.29. The van der Waals surface area contributed by atoms with E-state index in [1.807, 2.05) is 30.3 Å². The lowest BCUT2D eigenvalue weighted by atomic mass is 9.88. The maximum Gasteiger partial charge on any atom is 0.227 e. The Morgan fingerprint density at radius 2 is 1.23 bits per heavy atom. The minimum absolute atomic E-state index is 0.233. The number of allylic oxidation sites excluding steroid dienone is 8. The van der Waals surface area contributed by atoms with Gasteiger partial charge in [0.1, 0.15) is 5.52 Å². The maximum atomic E-state index is 6.35. The summed E-state index contributed by atoms with van der Waals surface area (Å²) in [6.07, 6.45) is 18.7. The molecule has 0 bridgehead atoms. The minimum atomic E-state index is 0.233. The molecule has 2 aliphatic carbocycles. The van der Waals surface area contributed by atoms with Gasteiger partial charge < -0.3 is 9.32 Å². The van der Waals surface area contributed by atoms with E-state index in [4.69, 9.17) is 9.40 Å². The Morgan fingerprint density at radius 3 is 2.00 bits per heavy atom. The lowest BCUT2D eigenvalue weighted by Crippen LogP contribution is -2.12. The van der Waals surface area contributed by atoms with Crippen LogP contribution >= 0.6 is 0 Å². The molecule has 1 atom stereocenters. The van der Waals surface area contributed by atoms with E-state index < -0.39 is 0 Å². The zero-order chi connectivity index (χ0) is 41.2. The van der Waals surface area contributed by atoms with Gasteiger partial charge in [0.05, 0.1) is 0 Å². The summed E-state index contributed by atoms with van der Waals surface area (Å²) in [4.78, 5) is 7.54. The van der Waals surface area contributed by atoms with Gasteiger partial charge in [0, 0.05) is 33.9 Å². The highest BCUT2D eigenvalue weighted by atomic mass is 16.3. The molecule has 3 nitrogen and oxygen atoms in total. The molecule has 0 amide bonds. The van der Waals surface area contributed by atoms with Crippen molar-refractivity contribution < 1.29 is 4.42 Å². The Hall–Kier alpha value is -7.75. The molecule has 0 saturated heterocycles. The van der Waals surface area contributed by atoms with Crippen LogP contribution in [0, 0.1) is 0 Å². The van der Waals surface area contributed by atoms with E-state index in [9.17, 15) is 0 Å². The SMILES string of the molecule is C1=CCCC(c2cc(N(c3cccc(-c4ccccc4)c3)c3cc(-c4cccc5c4ccc4oc(-c6ccccc6)nc45)cc(C4C=CC=CC4)c3)ccc2-c2ccccc2)=C1. The summed E-state index contributed by atoms with van der Waals surface area (Å²) in [5.74, 6) is 0.864. The monoisotopic (exact) mass is 796 g/mol. The van der Waals surface area contributed by atoms with E-state index in [1.165, 1.54) is 39.0 Å². The van der Waals surface area contributed by atoms with Crippen molar-refractivity contribution >= 4 is 44.5 Å². The smallest absolute Gasteiger partial charge is 0.227 e. The predicted octanol–water partition coefficient (Wildman–Crippen LogP) is 16.5. The molecule has 1 heterocycles. The number of benzene rings is 8. The van der Waals surface area contributed by atoms with Crippen molar-refractivity contribution in [3.63, 3.8) is 0 Å². The van der Waals surface area contributed by atoms with E-state index in [2.05, 4.69) is 199 Å². The molecule has 11 rings (SSSR count). The second-order valence-electron chi connectivity index (χ2n) is 16.2. The first-order valence-electron chi connectivity index (χ1n) is 21.6. The van der Waals surface area contributed by atoms with E-state index in [1.54, 1.807) is 0 Å². The van der Waals surface area contributed by atoms with Crippen LogP contribution in [0.5, 0.6) is 0 Å². The van der Waals surface area contributed by atoms with E-state index >= 15 is 0 Å². The molecule has 62 heavy (non-hydrogen) atoms. The molecule has 0 radical (unpaired) electrons. The molecule has 0 aliphatic heterocycles. The van der Waals surface area contributed by atoms with E-state index in [0.717, 1.165) is 74.9 Å². The topological polar surface area (TPSA) is 29.3 Å². The van der Waals surface area contributed by atoms with Crippen LogP contribution in [0.2, 0.25) is 0 Å². The standard InChI is InChI=1S/C59H44N2O/c1-6-18-41(19-7-1)46-28-16-29-49(37-46)61(50-32-33-53(43-22-10-3-11-23-43)56(40-50)44-24-12-4-13-25-44)51-38-47(42-20-8-2-9-21-42)36-48(39-51)52-30-17-31-55-54(52)34-35-57-58(55)60-59(62-57)45-26-14-5-15-27-45/h1-12,14-20,22-24,26-40,42H,13,21,25H2. The summed E-state index contributed by atoms with van der Waals surface area (Å²) in [6.45, 7) is 0. The Kier molecular flexibility index (Phi) is 9.84. The van der Waals surface area contributed by atoms with Gasteiger partial charge >= 0.3 is 0 Å². The number of oxazole rings is 1. The fourth-order valence-corrected chi connectivity index (χ4v) is 9.20. The average Bonchev–Trinajstić information content (AvgIpc) is 3.81. The third-order valence-electron chi connectivity index (χ3n) is 12.3. The highest BCUT2D eigenvalue weighted by Gasteiger charge is 2.22. The molecule has 1 unspecified atom stereocenters. The molecule has 0 fully saturated rings. The van der Waals surface area contributed by atoms with Crippen molar-refractivity contribution in [1.82, 2.24) is 4.98 Å². The molecule has 8 aromatic carbocycles. The van der Waals surface area contributed by atoms with Crippen LogP contribution in [-0.2, 0) is 0 Å². The normalized spacial score (nSPS) is 14.6. The molecule has 0 saturated carbocycles. The Morgan fingerprint density at radius 1 is 0.484 bits per heavy atom. The number of aromatic nitrogens is 1. The van der Waals surface area contributed by atoms with Gasteiger partial charge in [0.25, 0.3) is 0 Å². The van der Waals surface area contributed by atoms with Gasteiger partial charge in [-0.2, -0.15) is 0 Å². The Bertz CT molecular complexity index is 3210. The third kappa shape index (κ3) is 7.18. The number of fused-ring (bicyclic) bond motifs is 3. The summed E-state index contributed by atoms with van der Waals surface area (Å²) in [5, 5.41) is 2.21. The zero-order valence-corrected chi connectivity index (χ0v) is 34.4. The van der Waals surface area contributed by atoms with Gasteiger partial charge in [0.2, 0.25) is 5.89 Å². The summed E-state index contributed by atoms with van der Waals surface area (Å²) in [7, 11) is 0. The average molecular weight is 797 g/mol. The number of nitrogens with zero attached hydrogens (tertiary/aromatic N) is 2. The number of hydrogen-bond donors (Lipinski definition) is 0.